The minimum Gasteiger partial charge on any atom is -0.490 e. The molecule has 140 valence electrons. The molecule has 2 aromatic carbocycles. The Morgan fingerprint density at radius 3 is 2.46 bits per heavy atom. The Morgan fingerprint density at radius 2 is 1.85 bits per heavy atom. The summed E-state index contributed by atoms with van der Waals surface area (Å²) in [6, 6.07) is 8.68. The lowest BCUT2D eigenvalue weighted by atomic mass is 10.2. The molecule has 26 heavy (non-hydrogen) atoms. The van der Waals surface area contributed by atoms with Crippen LogP contribution in [0.3, 0.4) is 0 Å². The molecule has 0 saturated carbocycles. The third kappa shape index (κ3) is 5.47. The van der Waals surface area contributed by atoms with E-state index in [-0.39, 0.29) is 27.0 Å². The van der Waals surface area contributed by atoms with Crippen molar-refractivity contribution in [3.63, 3.8) is 0 Å². The van der Waals surface area contributed by atoms with E-state index < -0.39 is 12.5 Å². The summed E-state index contributed by atoms with van der Waals surface area (Å²) >= 11 is 12.3. The van der Waals surface area contributed by atoms with Crippen LogP contribution in [0.25, 0.3) is 0 Å². The van der Waals surface area contributed by atoms with Crippen LogP contribution in [0, 0.1) is 0 Å². The Bertz CT molecular complexity index is 749. The van der Waals surface area contributed by atoms with Crippen LogP contribution in [0.2, 0.25) is 10.0 Å². The van der Waals surface area contributed by atoms with Crippen LogP contribution in [0.15, 0.2) is 36.4 Å². The predicted octanol–water partition coefficient (Wildman–Crippen LogP) is 6.03. The molecule has 0 radical (unpaired) electrons. The number of para-hydroxylation sites is 2. The number of benzene rings is 2. The van der Waals surface area contributed by atoms with Crippen molar-refractivity contribution in [3.05, 3.63) is 52.0 Å². The van der Waals surface area contributed by atoms with E-state index in [1.807, 2.05) is 6.92 Å². The summed E-state index contributed by atoms with van der Waals surface area (Å²) in [4.78, 5) is 12.4. The van der Waals surface area contributed by atoms with Crippen LogP contribution in [0.1, 0.15) is 30.1 Å². The molecule has 8 heteroatoms. The Morgan fingerprint density at radius 1 is 1.19 bits per heavy atom. The van der Waals surface area contributed by atoms with Gasteiger partial charge in [0, 0.05) is 5.56 Å². The molecular formula is C18H17Cl2F2NO3. The Labute approximate surface area is 160 Å². The fraction of sp³-hybridized carbons (Fsp3) is 0.278. The highest BCUT2D eigenvalue weighted by atomic mass is 35.5. The first-order valence-electron chi connectivity index (χ1n) is 7.89. The van der Waals surface area contributed by atoms with Gasteiger partial charge in [-0.15, -0.1) is 0 Å². The standard InChI is InChI=1S/C18H17Cl2F2NO3/c1-2-3-8-25-16-12(19)9-11(10-13(16)20)17(24)23-14-6-4-5-7-15(14)26-18(21)22/h4-7,9-10,18H,2-3,8H2,1H3,(H,23,24). The van der Waals surface area contributed by atoms with Crippen LogP contribution in [-0.2, 0) is 0 Å². The van der Waals surface area contributed by atoms with Crippen LogP contribution in [0.5, 0.6) is 11.5 Å². The van der Waals surface area contributed by atoms with Gasteiger partial charge in [-0.3, -0.25) is 4.79 Å². The smallest absolute Gasteiger partial charge is 0.387 e. The number of amides is 1. The molecular weight excluding hydrogens is 387 g/mol. The number of unbranched alkanes of at least 4 members (excludes halogenated alkanes) is 1. The number of carbonyl (C=O) groups excluding carboxylic acids is 1. The van der Waals surface area contributed by atoms with E-state index in [1.54, 1.807) is 6.07 Å². The number of rotatable bonds is 8. The summed E-state index contributed by atoms with van der Waals surface area (Å²) in [5.41, 5.74) is 0.267. The molecule has 4 nitrogen and oxygen atoms in total. The lowest BCUT2D eigenvalue weighted by molar-refractivity contribution is -0.0493. The van der Waals surface area contributed by atoms with Gasteiger partial charge in [0.1, 0.15) is 5.75 Å². The summed E-state index contributed by atoms with van der Waals surface area (Å²) in [6.07, 6.45) is 1.80. The van der Waals surface area contributed by atoms with Gasteiger partial charge in [-0.2, -0.15) is 8.78 Å². The van der Waals surface area contributed by atoms with Crippen molar-refractivity contribution >= 4 is 34.8 Å². The Hall–Kier alpha value is -2.05. The zero-order valence-corrected chi connectivity index (χ0v) is 15.4. The molecule has 1 N–H and O–H groups in total. The third-order valence-electron chi connectivity index (χ3n) is 3.36. The van der Waals surface area contributed by atoms with Gasteiger partial charge >= 0.3 is 6.61 Å². The molecule has 0 saturated heterocycles. The molecule has 0 aromatic heterocycles. The fourth-order valence-corrected chi connectivity index (χ4v) is 2.71. The van der Waals surface area contributed by atoms with Gasteiger partial charge in [-0.1, -0.05) is 48.7 Å². The number of hydrogen-bond donors (Lipinski definition) is 1. The van der Waals surface area contributed by atoms with Crippen molar-refractivity contribution in [1.29, 1.82) is 0 Å². The largest absolute Gasteiger partial charge is 0.490 e. The third-order valence-corrected chi connectivity index (χ3v) is 3.92. The number of carbonyl (C=O) groups is 1. The average Bonchev–Trinajstić information content (AvgIpc) is 2.58. The van der Waals surface area contributed by atoms with E-state index in [2.05, 4.69) is 10.1 Å². The van der Waals surface area contributed by atoms with Crippen molar-refractivity contribution in [2.45, 2.75) is 26.4 Å². The molecule has 0 unspecified atom stereocenters. The molecule has 0 spiro atoms. The van der Waals surface area contributed by atoms with Gasteiger partial charge in [-0.05, 0) is 30.7 Å². The maximum absolute atomic E-state index is 12.5. The zero-order valence-electron chi connectivity index (χ0n) is 13.9. The molecule has 2 aromatic rings. The first-order chi connectivity index (χ1) is 12.4. The SMILES string of the molecule is CCCCOc1c(Cl)cc(C(=O)Nc2ccccc2OC(F)F)cc1Cl. The van der Waals surface area contributed by atoms with Crippen molar-refractivity contribution in [3.8, 4) is 11.5 Å². The van der Waals surface area contributed by atoms with E-state index in [0.29, 0.717) is 12.4 Å². The highest BCUT2D eigenvalue weighted by Gasteiger charge is 2.16. The molecule has 0 bridgehead atoms. The second-order valence-corrected chi connectivity index (χ2v) is 6.11. The summed E-state index contributed by atoms with van der Waals surface area (Å²) in [5, 5.41) is 2.88. The average molecular weight is 404 g/mol. The van der Waals surface area contributed by atoms with Crippen LogP contribution < -0.4 is 14.8 Å². The van der Waals surface area contributed by atoms with Gasteiger partial charge in [-0.25, -0.2) is 0 Å². The van der Waals surface area contributed by atoms with Crippen molar-refractivity contribution in [2.24, 2.45) is 0 Å². The van der Waals surface area contributed by atoms with E-state index in [4.69, 9.17) is 27.9 Å². The number of anilines is 1. The second kappa shape index (κ2) is 9.59. The van der Waals surface area contributed by atoms with Gasteiger partial charge in [0.05, 0.1) is 22.3 Å². The Kier molecular flexibility index (Phi) is 7.48. The quantitative estimate of drug-likeness (QED) is 0.547. The lowest BCUT2D eigenvalue weighted by Gasteiger charge is -2.13. The molecule has 0 atom stereocenters. The van der Waals surface area contributed by atoms with E-state index in [9.17, 15) is 13.6 Å². The van der Waals surface area contributed by atoms with Gasteiger partial charge in [0.25, 0.3) is 5.91 Å². The van der Waals surface area contributed by atoms with E-state index in [1.165, 1.54) is 30.3 Å². The fourth-order valence-electron chi connectivity index (χ4n) is 2.11. The van der Waals surface area contributed by atoms with Gasteiger partial charge in [0.2, 0.25) is 0 Å². The molecule has 2 rings (SSSR count). The minimum absolute atomic E-state index is 0.105. The monoisotopic (exact) mass is 403 g/mol. The molecule has 0 aliphatic carbocycles. The summed E-state index contributed by atoms with van der Waals surface area (Å²) in [7, 11) is 0. The van der Waals surface area contributed by atoms with Crippen LogP contribution in [-0.4, -0.2) is 19.1 Å². The molecule has 0 aliphatic heterocycles. The van der Waals surface area contributed by atoms with Crippen LogP contribution >= 0.6 is 23.2 Å². The van der Waals surface area contributed by atoms with Gasteiger partial charge in [0.15, 0.2) is 5.75 Å². The number of ether oxygens (including phenoxy) is 2. The van der Waals surface area contributed by atoms with Crippen molar-refractivity contribution in [1.82, 2.24) is 0 Å². The first-order valence-corrected chi connectivity index (χ1v) is 8.65. The maximum atomic E-state index is 12.5. The number of alkyl halides is 2. The molecule has 0 aliphatic rings. The lowest BCUT2D eigenvalue weighted by Crippen LogP contribution is -2.14. The molecule has 1 amide bonds. The summed E-state index contributed by atoms with van der Waals surface area (Å²) in [5.74, 6) is -0.411. The van der Waals surface area contributed by atoms with Crippen molar-refractivity contribution in [2.75, 3.05) is 11.9 Å². The Balaban J connectivity index is 2.18. The van der Waals surface area contributed by atoms with E-state index >= 15 is 0 Å². The molecule has 0 fully saturated rings. The minimum atomic E-state index is -3.00. The summed E-state index contributed by atoms with van der Waals surface area (Å²) < 4.78 is 34.8. The topological polar surface area (TPSA) is 47.6 Å². The molecule has 0 heterocycles. The van der Waals surface area contributed by atoms with E-state index in [0.717, 1.165) is 12.8 Å². The second-order valence-electron chi connectivity index (χ2n) is 5.30. The first kappa shape index (κ1) is 20.3. The van der Waals surface area contributed by atoms with Crippen molar-refractivity contribution < 1.29 is 23.0 Å². The summed E-state index contributed by atoms with van der Waals surface area (Å²) in [6.45, 7) is -0.522. The predicted molar refractivity (Wildman–Crippen MR) is 97.9 cm³/mol. The maximum Gasteiger partial charge on any atom is 0.387 e. The highest BCUT2D eigenvalue weighted by Crippen LogP contribution is 2.35. The highest BCUT2D eigenvalue weighted by molar-refractivity contribution is 6.37. The normalized spacial score (nSPS) is 10.7. The van der Waals surface area contributed by atoms with Gasteiger partial charge < -0.3 is 14.8 Å². The number of nitrogens with one attached hydrogen (secondary N) is 1. The zero-order chi connectivity index (χ0) is 19.1. The number of hydrogen-bond acceptors (Lipinski definition) is 3. The number of halogens is 4. The van der Waals surface area contributed by atoms with Crippen LogP contribution in [0.4, 0.5) is 14.5 Å².